The van der Waals surface area contributed by atoms with Gasteiger partial charge in [-0.1, -0.05) is 18.2 Å². The summed E-state index contributed by atoms with van der Waals surface area (Å²) in [6, 6.07) is 7.35. The summed E-state index contributed by atoms with van der Waals surface area (Å²) >= 11 is 0. The van der Waals surface area contributed by atoms with Crippen LogP contribution in [0.1, 0.15) is 20.8 Å². The van der Waals surface area contributed by atoms with E-state index in [0.717, 1.165) is 5.39 Å². The van der Waals surface area contributed by atoms with Crippen LogP contribution in [0.4, 0.5) is 0 Å². The summed E-state index contributed by atoms with van der Waals surface area (Å²) in [4.78, 5) is 12.1. The number of nitrogens with two attached hydrogens (primary N) is 1. The van der Waals surface area contributed by atoms with Gasteiger partial charge in [-0.15, -0.1) is 0 Å². The fourth-order valence-electron chi connectivity index (χ4n) is 2.24. The van der Waals surface area contributed by atoms with Crippen LogP contribution in [0.25, 0.3) is 10.8 Å². The highest BCUT2D eigenvalue weighted by Crippen LogP contribution is 2.22. The van der Waals surface area contributed by atoms with Gasteiger partial charge in [0.05, 0.1) is 10.9 Å². The van der Waals surface area contributed by atoms with Crippen molar-refractivity contribution >= 4 is 10.8 Å². The fraction of sp³-hybridized carbons (Fsp3) is 0.471. The largest absolute Gasteiger partial charge is 0.488 e. The van der Waals surface area contributed by atoms with Gasteiger partial charge in [-0.2, -0.15) is 0 Å². The first-order valence-corrected chi connectivity index (χ1v) is 7.51. The van der Waals surface area contributed by atoms with Crippen molar-refractivity contribution < 1.29 is 15.2 Å². The van der Waals surface area contributed by atoms with E-state index in [1.807, 2.05) is 18.2 Å². The number of aliphatic hydroxyl groups is 1. The van der Waals surface area contributed by atoms with Crippen LogP contribution in [0.15, 0.2) is 35.3 Å². The van der Waals surface area contributed by atoms with E-state index >= 15 is 0 Å². The maximum Gasteiger partial charge on any atom is 0.258 e. The van der Waals surface area contributed by atoms with Crippen molar-refractivity contribution in [3.8, 4) is 5.75 Å². The molecule has 22 heavy (non-hydrogen) atoms. The van der Waals surface area contributed by atoms with Crippen LogP contribution in [0.2, 0.25) is 0 Å². The number of hydrogen-bond donors (Lipinski definition) is 2. The molecule has 0 aliphatic carbocycles. The minimum absolute atomic E-state index is 0.0513. The van der Waals surface area contributed by atoms with Crippen molar-refractivity contribution in [3.05, 3.63) is 40.8 Å². The molecule has 1 atom stereocenters. The lowest BCUT2D eigenvalue weighted by Crippen LogP contribution is -2.96. The second-order valence-electron chi connectivity index (χ2n) is 6.73. The molecule has 3 N–H and O–H groups in total. The van der Waals surface area contributed by atoms with Crippen LogP contribution in [0.5, 0.6) is 5.75 Å². The standard InChI is InChI=1S/C17H24N2O3/c1-17(2,3)18-9-12(20)11-22-15-10-19(4)16(21)14-8-6-5-7-13(14)15/h5-8,10,12,18,20H,9,11H2,1-4H3/p+1. The Labute approximate surface area is 130 Å². The fourth-order valence-corrected chi connectivity index (χ4v) is 2.24. The van der Waals surface area contributed by atoms with E-state index in [0.29, 0.717) is 17.7 Å². The number of benzene rings is 1. The second kappa shape index (κ2) is 6.50. The number of aliphatic hydroxyl groups excluding tert-OH is 1. The van der Waals surface area contributed by atoms with E-state index in [9.17, 15) is 9.90 Å². The molecule has 2 aromatic rings. The molecule has 0 aliphatic rings. The zero-order valence-electron chi connectivity index (χ0n) is 13.7. The number of nitrogens with zero attached hydrogens (tertiary/aromatic N) is 1. The van der Waals surface area contributed by atoms with Crippen molar-refractivity contribution in [1.29, 1.82) is 0 Å². The monoisotopic (exact) mass is 305 g/mol. The third-order valence-electron chi connectivity index (χ3n) is 3.49. The summed E-state index contributed by atoms with van der Waals surface area (Å²) in [5.41, 5.74) is 0.0224. The van der Waals surface area contributed by atoms with Crippen LogP contribution in [-0.2, 0) is 7.05 Å². The lowest BCUT2D eigenvalue weighted by molar-refractivity contribution is -0.722. The van der Waals surface area contributed by atoms with Gasteiger partial charge in [0, 0.05) is 18.6 Å². The van der Waals surface area contributed by atoms with Crippen LogP contribution >= 0.6 is 0 Å². The Bertz CT molecular complexity index is 701. The Balaban J connectivity index is 2.12. The number of pyridine rings is 1. The van der Waals surface area contributed by atoms with Crippen LogP contribution in [0, 0.1) is 0 Å². The molecule has 0 fully saturated rings. The summed E-state index contributed by atoms with van der Waals surface area (Å²) in [7, 11) is 1.70. The summed E-state index contributed by atoms with van der Waals surface area (Å²) in [5.74, 6) is 0.618. The molecule has 0 radical (unpaired) electrons. The van der Waals surface area contributed by atoms with Gasteiger partial charge < -0.3 is 19.7 Å². The highest BCUT2D eigenvalue weighted by molar-refractivity contribution is 5.87. The van der Waals surface area contributed by atoms with E-state index in [4.69, 9.17) is 4.74 Å². The number of fused-ring (bicyclic) bond motifs is 1. The Morgan fingerprint density at radius 2 is 1.91 bits per heavy atom. The minimum Gasteiger partial charge on any atom is -0.488 e. The Kier molecular flexibility index (Phi) is 4.88. The maximum atomic E-state index is 12.1. The first-order chi connectivity index (χ1) is 10.3. The van der Waals surface area contributed by atoms with Crippen molar-refractivity contribution in [1.82, 2.24) is 4.57 Å². The molecule has 1 aromatic heterocycles. The summed E-state index contributed by atoms with van der Waals surface area (Å²) in [6.07, 6.45) is 1.11. The molecule has 1 unspecified atom stereocenters. The van der Waals surface area contributed by atoms with E-state index in [-0.39, 0.29) is 17.7 Å². The molecule has 1 heterocycles. The predicted octanol–water partition coefficient (Wildman–Crippen LogP) is 0.640. The Morgan fingerprint density at radius 3 is 2.55 bits per heavy atom. The van der Waals surface area contributed by atoms with E-state index in [2.05, 4.69) is 26.1 Å². The van der Waals surface area contributed by atoms with Crippen LogP contribution < -0.4 is 15.6 Å². The number of quaternary nitrogens is 1. The van der Waals surface area contributed by atoms with Crippen molar-refractivity contribution in [3.63, 3.8) is 0 Å². The first kappa shape index (κ1) is 16.5. The predicted molar refractivity (Wildman–Crippen MR) is 87.2 cm³/mol. The SMILES string of the molecule is Cn1cc(OCC(O)C[NH2+]C(C)(C)C)c2ccccc2c1=O. The second-order valence-corrected chi connectivity index (χ2v) is 6.73. The lowest BCUT2D eigenvalue weighted by Gasteiger charge is -2.20. The molecular weight excluding hydrogens is 280 g/mol. The highest BCUT2D eigenvalue weighted by Gasteiger charge is 2.17. The average molecular weight is 305 g/mol. The quantitative estimate of drug-likeness (QED) is 0.852. The van der Waals surface area contributed by atoms with Gasteiger partial charge in [0.1, 0.15) is 25.0 Å². The summed E-state index contributed by atoms with van der Waals surface area (Å²) in [6.45, 7) is 7.07. The molecule has 0 aliphatic heterocycles. The number of aryl methyl sites for hydroxylation is 1. The molecule has 2 rings (SSSR count). The molecule has 5 heteroatoms. The van der Waals surface area contributed by atoms with Gasteiger partial charge >= 0.3 is 0 Å². The minimum atomic E-state index is -0.560. The maximum absolute atomic E-state index is 12.1. The molecule has 0 amide bonds. The van der Waals surface area contributed by atoms with Gasteiger partial charge in [0.15, 0.2) is 0 Å². The molecule has 120 valence electrons. The molecule has 0 bridgehead atoms. The number of hydrogen-bond acceptors (Lipinski definition) is 3. The van der Waals surface area contributed by atoms with Crippen molar-refractivity contribution in [2.24, 2.45) is 7.05 Å². The molecule has 0 saturated heterocycles. The molecule has 5 nitrogen and oxygen atoms in total. The molecule has 1 aromatic carbocycles. The van der Waals surface area contributed by atoms with Crippen molar-refractivity contribution in [2.75, 3.05) is 13.2 Å². The third-order valence-corrected chi connectivity index (χ3v) is 3.49. The van der Waals surface area contributed by atoms with E-state index < -0.39 is 6.10 Å². The van der Waals surface area contributed by atoms with E-state index in [1.54, 1.807) is 19.3 Å². The summed E-state index contributed by atoms with van der Waals surface area (Å²) in [5, 5.41) is 13.5. The highest BCUT2D eigenvalue weighted by atomic mass is 16.5. The van der Waals surface area contributed by atoms with Gasteiger partial charge in [-0.3, -0.25) is 4.79 Å². The third kappa shape index (κ3) is 4.08. The zero-order chi connectivity index (χ0) is 16.3. The van der Waals surface area contributed by atoms with Gasteiger partial charge in [0.25, 0.3) is 5.56 Å². The van der Waals surface area contributed by atoms with E-state index in [1.165, 1.54) is 4.57 Å². The smallest absolute Gasteiger partial charge is 0.258 e. The lowest BCUT2D eigenvalue weighted by atomic mass is 10.1. The average Bonchev–Trinajstić information content (AvgIpc) is 2.47. The number of rotatable bonds is 5. The Morgan fingerprint density at radius 1 is 1.27 bits per heavy atom. The first-order valence-electron chi connectivity index (χ1n) is 7.51. The normalized spacial score (nSPS) is 13.3. The number of ether oxygens (including phenoxy) is 1. The van der Waals surface area contributed by atoms with Crippen LogP contribution in [-0.4, -0.2) is 34.5 Å². The molecule has 0 saturated carbocycles. The zero-order valence-corrected chi connectivity index (χ0v) is 13.7. The topological polar surface area (TPSA) is 68.1 Å². The van der Waals surface area contributed by atoms with Crippen LogP contribution in [0.3, 0.4) is 0 Å². The Hall–Kier alpha value is -1.85. The van der Waals surface area contributed by atoms with Crippen molar-refractivity contribution in [2.45, 2.75) is 32.4 Å². The molecular formula is C17H25N2O3+. The molecule has 0 spiro atoms. The summed E-state index contributed by atoms with van der Waals surface area (Å²) < 4.78 is 7.26. The van der Waals surface area contributed by atoms with Gasteiger partial charge in [-0.25, -0.2) is 0 Å². The van der Waals surface area contributed by atoms with Gasteiger partial charge in [-0.05, 0) is 26.8 Å². The number of aromatic nitrogens is 1. The van der Waals surface area contributed by atoms with Gasteiger partial charge in [0.2, 0.25) is 0 Å².